The molecule has 0 aliphatic carbocycles. The molecule has 1 aliphatic heterocycles. The number of hydrogen-bond acceptors (Lipinski definition) is 8. The van der Waals surface area contributed by atoms with Gasteiger partial charge in [-0.1, -0.05) is 24.0 Å². The average Bonchev–Trinajstić information content (AvgIpc) is 3.22. The molecule has 0 bridgehead atoms. The Morgan fingerprint density at radius 2 is 1.93 bits per heavy atom. The smallest absolute Gasteiger partial charge is 0.550 e. The van der Waals surface area contributed by atoms with Crippen LogP contribution in [-0.2, 0) is 9.59 Å². The molecule has 0 N–H and O–H groups in total. The summed E-state index contributed by atoms with van der Waals surface area (Å²) in [6, 6.07) is 9.31. The Hall–Kier alpha value is -1.34. The molecule has 1 aromatic heterocycles. The molecule has 29 heavy (non-hydrogen) atoms. The third kappa shape index (κ3) is 6.07. The monoisotopic (exact) mass is 456 g/mol. The van der Waals surface area contributed by atoms with Gasteiger partial charge in [0.15, 0.2) is 0 Å². The number of hydrogen-bond donors (Lipinski definition) is 0. The van der Waals surface area contributed by atoms with Crippen LogP contribution in [0.3, 0.4) is 0 Å². The average molecular weight is 457 g/mol. The molecule has 1 aliphatic rings. The van der Waals surface area contributed by atoms with E-state index in [2.05, 4.69) is 0 Å². The Balaban J connectivity index is 0.00000300. The van der Waals surface area contributed by atoms with Gasteiger partial charge >= 0.3 is 51.4 Å². The second-order valence-corrected chi connectivity index (χ2v) is 7.49. The van der Waals surface area contributed by atoms with Gasteiger partial charge in [0.25, 0.3) is 11.6 Å². The summed E-state index contributed by atoms with van der Waals surface area (Å²) < 4.78 is 6.06. The molecule has 1 amide bonds. The van der Waals surface area contributed by atoms with E-state index in [1.807, 2.05) is 0 Å². The molecule has 11 heteroatoms. The Bertz CT molecular complexity index is 986. The van der Waals surface area contributed by atoms with Crippen molar-refractivity contribution in [3.05, 3.63) is 57.2 Å². The Labute approximate surface area is 217 Å². The molecule has 1 fully saturated rings. The number of non-ortho nitro benzene ring substituents is 1. The number of nitro benzene ring substituents is 1. The summed E-state index contributed by atoms with van der Waals surface area (Å²) in [6.45, 7) is 0.211. The van der Waals surface area contributed by atoms with Crippen molar-refractivity contribution in [2.45, 2.75) is 12.8 Å². The number of nitro groups is 1. The van der Waals surface area contributed by atoms with Gasteiger partial charge in [0.1, 0.15) is 15.8 Å². The first kappa shape index (κ1) is 23.9. The van der Waals surface area contributed by atoms with Gasteiger partial charge in [-0.25, -0.2) is 0 Å². The normalized spacial score (nSPS) is 14.9. The van der Waals surface area contributed by atoms with E-state index in [1.165, 1.54) is 17.0 Å². The van der Waals surface area contributed by atoms with Gasteiger partial charge in [0, 0.05) is 36.3 Å². The van der Waals surface area contributed by atoms with Crippen LogP contribution < -0.4 is 56.5 Å². The number of amides is 1. The summed E-state index contributed by atoms with van der Waals surface area (Å²) >= 11 is 6.30. The molecule has 3 rings (SSSR count). The van der Waals surface area contributed by atoms with Gasteiger partial charge in [-0.15, -0.1) is 0 Å². The fourth-order valence-corrected chi connectivity index (χ4v) is 3.83. The van der Waals surface area contributed by atoms with Gasteiger partial charge in [0.05, 0.1) is 9.83 Å². The summed E-state index contributed by atoms with van der Waals surface area (Å²) in [5.41, 5.74) is 0.651. The van der Waals surface area contributed by atoms with E-state index >= 15 is 0 Å². The first-order chi connectivity index (χ1) is 13.3. The fourth-order valence-electron chi connectivity index (χ4n) is 2.54. The first-order valence-electron chi connectivity index (χ1n) is 8.15. The maximum Gasteiger partial charge on any atom is 1.00 e. The van der Waals surface area contributed by atoms with E-state index in [4.69, 9.17) is 16.6 Å². The predicted molar refractivity (Wildman–Crippen MR) is 105 cm³/mol. The summed E-state index contributed by atoms with van der Waals surface area (Å²) in [6.07, 6.45) is 1.67. The summed E-state index contributed by atoms with van der Waals surface area (Å²) in [5, 5.41) is 21.2. The van der Waals surface area contributed by atoms with Crippen molar-refractivity contribution in [2.24, 2.45) is 0 Å². The largest absolute Gasteiger partial charge is 1.00 e. The minimum Gasteiger partial charge on any atom is -0.550 e. The number of carbonyl (C=O) groups is 2. The van der Waals surface area contributed by atoms with E-state index in [-0.39, 0.29) is 82.4 Å². The van der Waals surface area contributed by atoms with Crippen LogP contribution in [0, 0.1) is 10.1 Å². The van der Waals surface area contributed by atoms with E-state index < -0.39 is 10.9 Å². The third-order valence-electron chi connectivity index (χ3n) is 3.90. The van der Waals surface area contributed by atoms with Crippen LogP contribution in [0.25, 0.3) is 17.4 Å². The molecular weight excluding hydrogens is 443 g/mol. The number of aliphatic carboxylic acids is 1. The number of carboxylic acids is 1. The second-order valence-electron chi connectivity index (χ2n) is 5.81. The van der Waals surface area contributed by atoms with E-state index in [0.29, 0.717) is 26.3 Å². The molecule has 2 heterocycles. The van der Waals surface area contributed by atoms with Crippen molar-refractivity contribution in [1.82, 2.24) is 4.90 Å². The number of rotatable bonds is 7. The zero-order valence-corrected chi connectivity index (χ0v) is 20.1. The van der Waals surface area contributed by atoms with Crippen molar-refractivity contribution in [1.29, 1.82) is 0 Å². The number of thioether (sulfide) groups is 1. The molecule has 0 radical (unpaired) electrons. The zero-order chi connectivity index (χ0) is 20.3. The SMILES string of the molecule is O=C([O-])CCCN1C(=O)/C(=C/c2ccc(-c3ccc([N+](=O)[O-])cc3)o2)SC1=S.[K+]. The molecule has 8 nitrogen and oxygen atoms in total. The molecule has 1 saturated heterocycles. The van der Waals surface area contributed by atoms with Gasteiger partial charge < -0.3 is 14.3 Å². The minimum atomic E-state index is -1.17. The van der Waals surface area contributed by atoms with Crippen molar-refractivity contribution < 1.29 is 75.4 Å². The van der Waals surface area contributed by atoms with Crippen molar-refractivity contribution in [2.75, 3.05) is 6.54 Å². The Kier molecular flexibility index (Phi) is 8.76. The topological polar surface area (TPSA) is 117 Å². The molecule has 0 saturated carbocycles. The maximum absolute atomic E-state index is 12.5. The van der Waals surface area contributed by atoms with Crippen LogP contribution >= 0.6 is 24.0 Å². The molecule has 1 aromatic carbocycles. The maximum atomic E-state index is 12.5. The number of nitrogens with zero attached hydrogens (tertiary/aromatic N) is 2. The summed E-state index contributed by atoms with van der Waals surface area (Å²) in [7, 11) is 0. The van der Waals surface area contributed by atoms with Gasteiger partial charge in [-0.05, 0) is 37.1 Å². The van der Waals surface area contributed by atoms with Crippen LogP contribution in [0.1, 0.15) is 18.6 Å². The minimum absolute atomic E-state index is 0. The number of carbonyl (C=O) groups excluding carboxylic acids is 2. The molecule has 0 unspecified atom stereocenters. The molecule has 0 spiro atoms. The molecule has 144 valence electrons. The fraction of sp³-hybridized carbons (Fsp3) is 0.167. The van der Waals surface area contributed by atoms with Crippen molar-refractivity contribution >= 4 is 51.9 Å². The third-order valence-corrected chi connectivity index (χ3v) is 5.28. The van der Waals surface area contributed by atoms with Gasteiger partial charge in [-0.2, -0.15) is 0 Å². The van der Waals surface area contributed by atoms with E-state index in [9.17, 15) is 24.8 Å². The van der Waals surface area contributed by atoms with Gasteiger partial charge in [0.2, 0.25) is 0 Å². The number of carboxylic acid groups (broad SMARTS) is 1. The predicted octanol–water partition coefficient (Wildman–Crippen LogP) is -0.410. The van der Waals surface area contributed by atoms with Crippen LogP contribution in [0.4, 0.5) is 5.69 Å². The molecular formula is C18H13KN2O6S2. The summed E-state index contributed by atoms with van der Waals surface area (Å²) in [5.74, 6) is -0.536. The quantitative estimate of drug-likeness (QED) is 0.182. The number of benzene rings is 1. The molecule has 0 atom stereocenters. The van der Waals surface area contributed by atoms with E-state index in [0.717, 1.165) is 11.8 Å². The molecule has 2 aromatic rings. The Morgan fingerprint density at radius 1 is 1.24 bits per heavy atom. The zero-order valence-electron chi connectivity index (χ0n) is 15.3. The standard InChI is InChI=1S/C18H14N2O6S2.K/c21-16(22)2-1-9-19-17(23)15(28-18(19)27)10-13-7-8-14(26-13)11-3-5-12(6-4-11)20(24)25;/h3-8,10H,1-2,9H2,(H,21,22);/q;+1/p-1/b15-10-;. The number of furan rings is 1. The van der Waals surface area contributed by atoms with Crippen molar-refractivity contribution in [3.63, 3.8) is 0 Å². The van der Waals surface area contributed by atoms with Crippen LogP contribution in [0.5, 0.6) is 0 Å². The first-order valence-corrected chi connectivity index (χ1v) is 9.37. The van der Waals surface area contributed by atoms with Gasteiger partial charge in [-0.3, -0.25) is 19.8 Å². The van der Waals surface area contributed by atoms with Crippen molar-refractivity contribution in [3.8, 4) is 11.3 Å². The Morgan fingerprint density at radius 3 is 2.55 bits per heavy atom. The second kappa shape index (κ2) is 10.6. The van der Waals surface area contributed by atoms with E-state index in [1.54, 1.807) is 30.3 Å². The van der Waals surface area contributed by atoms with Crippen LogP contribution in [-0.4, -0.2) is 32.6 Å². The van der Waals surface area contributed by atoms with Crippen LogP contribution in [0.15, 0.2) is 45.7 Å². The summed E-state index contributed by atoms with van der Waals surface area (Å²) in [4.78, 5) is 34.9. The van der Waals surface area contributed by atoms with Crippen LogP contribution in [0.2, 0.25) is 0 Å². The number of thiocarbonyl (C=S) groups is 1.